The molecule has 0 aliphatic carbocycles. The summed E-state index contributed by atoms with van der Waals surface area (Å²) in [6, 6.07) is 6.04. The van der Waals surface area contributed by atoms with E-state index in [9.17, 15) is 18.4 Å². The molecule has 2 aromatic rings. The number of carbonyl (C=O) groups is 2. The molecule has 2 amide bonds. The minimum Gasteiger partial charge on any atom is -0.466 e. The SMILES string of the molecule is CCC(=O)OCCCc1ccc(F)c(NC(=O)Nc2c(Cl)cccc2Cl)c1F. The van der Waals surface area contributed by atoms with E-state index in [0.717, 1.165) is 6.07 Å². The lowest BCUT2D eigenvalue weighted by molar-refractivity contribution is -0.143. The molecule has 150 valence electrons. The molecular weight excluding hydrogens is 413 g/mol. The van der Waals surface area contributed by atoms with E-state index in [1.165, 1.54) is 18.2 Å². The van der Waals surface area contributed by atoms with Gasteiger partial charge in [0.2, 0.25) is 0 Å². The first-order valence-corrected chi connectivity index (χ1v) is 9.23. The Morgan fingerprint density at radius 3 is 2.32 bits per heavy atom. The van der Waals surface area contributed by atoms with Crippen LogP contribution in [0.1, 0.15) is 25.3 Å². The van der Waals surface area contributed by atoms with Crippen LogP contribution in [0.3, 0.4) is 0 Å². The lowest BCUT2D eigenvalue weighted by Gasteiger charge is -2.13. The quantitative estimate of drug-likeness (QED) is 0.430. The molecule has 2 aromatic carbocycles. The van der Waals surface area contributed by atoms with Crippen LogP contribution < -0.4 is 10.6 Å². The van der Waals surface area contributed by atoms with Crippen LogP contribution in [0.15, 0.2) is 30.3 Å². The zero-order valence-corrected chi connectivity index (χ0v) is 16.5. The highest BCUT2D eigenvalue weighted by Crippen LogP contribution is 2.30. The van der Waals surface area contributed by atoms with Crippen LogP contribution in [0.5, 0.6) is 0 Å². The summed E-state index contributed by atoms with van der Waals surface area (Å²) in [7, 11) is 0. The fourth-order valence-corrected chi connectivity index (χ4v) is 2.82. The number of esters is 1. The molecule has 0 aromatic heterocycles. The second-order valence-electron chi connectivity index (χ2n) is 5.75. The maximum absolute atomic E-state index is 14.6. The van der Waals surface area contributed by atoms with Crippen LogP contribution in [-0.4, -0.2) is 18.6 Å². The van der Waals surface area contributed by atoms with Gasteiger partial charge in [-0.05, 0) is 36.6 Å². The van der Waals surface area contributed by atoms with Crippen LogP contribution in [0, 0.1) is 11.6 Å². The minimum absolute atomic E-state index is 0.123. The van der Waals surface area contributed by atoms with Crippen molar-refractivity contribution in [3.05, 3.63) is 57.6 Å². The predicted molar refractivity (Wildman–Crippen MR) is 105 cm³/mol. The lowest BCUT2D eigenvalue weighted by atomic mass is 10.1. The summed E-state index contributed by atoms with van der Waals surface area (Å²) in [4.78, 5) is 23.2. The molecule has 0 spiro atoms. The van der Waals surface area contributed by atoms with Crippen LogP contribution in [0.4, 0.5) is 25.0 Å². The number of ether oxygens (including phenoxy) is 1. The van der Waals surface area contributed by atoms with E-state index in [1.807, 2.05) is 0 Å². The average Bonchev–Trinajstić information content (AvgIpc) is 2.66. The Bertz CT molecular complexity index is 858. The number of aryl methyl sites for hydroxylation is 1. The Hall–Kier alpha value is -2.38. The maximum Gasteiger partial charge on any atom is 0.323 e. The first-order valence-electron chi connectivity index (χ1n) is 8.48. The summed E-state index contributed by atoms with van der Waals surface area (Å²) in [6.45, 7) is 1.79. The van der Waals surface area contributed by atoms with Gasteiger partial charge >= 0.3 is 12.0 Å². The monoisotopic (exact) mass is 430 g/mol. The third kappa shape index (κ3) is 5.81. The van der Waals surface area contributed by atoms with E-state index in [4.69, 9.17) is 27.9 Å². The van der Waals surface area contributed by atoms with Crippen molar-refractivity contribution < 1.29 is 23.1 Å². The van der Waals surface area contributed by atoms with Crippen molar-refractivity contribution in [3.63, 3.8) is 0 Å². The molecule has 2 rings (SSSR count). The van der Waals surface area contributed by atoms with Gasteiger partial charge in [0.1, 0.15) is 11.5 Å². The standard InChI is InChI=1S/C19H18Cl2F2N2O3/c1-2-15(26)28-10-4-5-11-8-9-14(22)18(16(11)23)25-19(27)24-17-12(20)6-3-7-13(17)21/h3,6-9H,2,4-5,10H2,1H3,(H2,24,25,27). The summed E-state index contributed by atoms with van der Waals surface area (Å²) in [5, 5.41) is 4.86. The minimum atomic E-state index is -0.931. The van der Waals surface area contributed by atoms with Crippen LogP contribution in [0.2, 0.25) is 10.0 Å². The summed E-state index contributed by atoms with van der Waals surface area (Å²) in [5.41, 5.74) is -0.290. The average molecular weight is 431 g/mol. The number of rotatable bonds is 7. The largest absolute Gasteiger partial charge is 0.466 e. The van der Waals surface area contributed by atoms with Gasteiger partial charge < -0.3 is 15.4 Å². The van der Waals surface area contributed by atoms with Gasteiger partial charge in [-0.15, -0.1) is 0 Å². The van der Waals surface area contributed by atoms with Gasteiger partial charge in [-0.1, -0.05) is 42.3 Å². The molecule has 28 heavy (non-hydrogen) atoms. The van der Waals surface area contributed by atoms with E-state index in [1.54, 1.807) is 13.0 Å². The normalized spacial score (nSPS) is 10.5. The Balaban J connectivity index is 2.06. The first-order chi connectivity index (χ1) is 13.3. The topological polar surface area (TPSA) is 67.4 Å². The molecule has 0 saturated carbocycles. The van der Waals surface area contributed by atoms with Crippen molar-refractivity contribution in [1.29, 1.82) is 0 Å². The highest BCUT2D eigenvalue weighted by molar-refractivity contribution is 6.39. The van der Waals surface area contributed by atoms with Crippen LogP contribution in [-0.2, 0) is 16.0 Å². The second kappa shape index (κ2) is 10.2. The van der Waals surface area contributed by atoms with Gasteiger partial charge in [0, 0.05) is 6.42 Å². The van der Waals surface area contributed by atoms with Gasteiger partial charge in [0.25, 0.3) is 0 Å². The number of halogens is 4. The predicted octanol–water partition coefficient (Wildman–Crippen LogP) is 5.80. The van der Waals surface area contributed by atoms with Crippen LogP contribution in [0.25, 0.3) is 0 Å². The summed E-state index contributed by atoms with van der Waals surface area (Å²) in [5.74, 6) is -2.18. The Morgan fingerprint density at radius 2 is 1.68 bits per heavy atom. The number of hydrogen-bond donors (Lipinski definition) is 2. The van der Waals surface area contributed by atoms with Gasteiger partial charge in [0.05, 0.1) is 22.3 Å². The smallest absolute Gasteiger partial charge is 0.323 e. The lowest BCUT2D eigenvalue weighted by Crippen LogP contribution is -2.21. The Morgan fingerprint density at radius 1 is 1.04 bits per heavy atom. The summed E-state index contributed by atoms with van der Waals surface area (Å²) in [6.07, 6.45) is 0.814. The molecule has 0 heterocycles. The molecule has 0 fully saturated rings. The second-order valence-corrected chi connectivity index (χ2v) is 6.56. The number of benzene rings is 2. The number of amides is 2. The van der Waals surface area contributed by atoms with Crippen LogP contribution >= 0.6 is 23.2 Å². The Labute approximate surface area is 171 Å². The molecular formula is C19H18Cl2F2N2O3. The van der Waals surface area contributed by atoms with Gasteiger partial charge in [-0.2, -0.15) is 0 Å². The number of urea groups is 1. The van der Waals surface area contributed by atoms with Crippen molar-refractivity contribution in [2.45, 2.75) is 26.2 Å². The molecule has 0 aliphatic rings. The highest BCUT2D eigenvalue weighted by Gasteiger charge is 2.17. The fraction of sp³-hybridized carbons (Fsp3) is 0.263. The van der Waals surface area contributed by atoms with E-state index in [-0.39, 0.29) is 46.7 Å². The summed E-state index contributed by atoms with van der Waals surface area (Å²) >= 11 is 11.9. The molecule has 9 heteroatoms. The molecule has 2 N–H and O–H groups in total. The van der Waals surface area contributed by atoms with E-state index >= 15 is 0 Å². The molecule has 0 radical (unpaired) electrons. The molecule has 5 nitrogen and oxygen atoms in total. The van der Waals surface area contributed by atoms with Crippen molar-refractivity contribution in [2.75, 3.05) is 17.2 Å². The Kier molecular flexibility index (Phi) is 8.02. The number of hydrogen-bond acceptors (Lipinski definition) is 3. The maximum atomic E-state index is 14.6. The molecule has 0 atom stereocenters. The van der Waals surface area contributed by atoms with Gasteiger partial charge in [-0.25, -0.2) is 13.6 Å². The third-order valence-corrected chi connectivity index (χ3v) is 4.38. The number of para-hydroxylation sites is 1. The number of nitrogens with one attached hydrogen (secondary N) is 2. The molecule has 0 bridgehead atoms. The zero-order valence-electron chi connectivity index (χ0n) is 15.0. The number of anilines is 2. The summed E-state index contributed by atoms with van der Waals surface area (Å²) < 4.78 is 33.5. The van der Waals surface area contributed by atoms with Crippen molar-refractivity contribution >= 4 is 46.6 Å². The van der Waals surface area contributed by atoms with Gasteiger partial charge in [-0.3, -0.25) is 4.79 Å². The van der Waals surface area contributed by atoms with Crippen molar-refractivity contribution in [2.24, 2.45) is 0 Å². The fourth-order valence-electron chi connectivity index (χ4n) is 2.33. The molecule has 0 unspecified atom stereocenters. The zero-order chi connectivity index (χ0) is 20.7. The van der Waals surface area contributed by atoms with Crippen molar-refractivity contribution in [3.8, 4) is 0 Å². The molecule has 0 aliphatic heterocycles. The highest BCUT2D eigenvalue weighted by atomic mass is 35.5. The van der Waals surface area contributed by atoms with E-state index < -0.39 is 23.4 Å². The van der Waals surface area contributed by atoms with Gasteiger partial charge in [0.15, 0.2) is 5.82 Å². The first kappa shape index (κ1) is 21.9. The van der Waals surface area contributed by atoms with E-state index in [0.29, 0.717) is 6.42 Å². The van der Waals surface area contributed by atoms with Crippen molar-refractivity contribution in [1.82, 2.24) is 0 Å². The third-order valence-electron chi connectivity index (χ3n) is 3.75. The number of carbonyl (C=O) groups excluding carboxylic acids is 2. The van der Waals surface area contributed by atoms with E-state index in [2.05, 4.69) is 10.6 Å². The molecule has 0 saturated heterocycles.